The van der Waals surface area contributed by atoms with Gasteiger partial charge in [0.2, 0.25) is 0 Å². The lowest BCUT2D eigenvalue weighted by Crippen LogP contribution is -1.96. The molecule has 0 saturated carbocycles. The van der Waals surface area contributed by atoms with E-state index in [1.165, 1.54) is 0 Å². The predicted molar refractivity (Wildman–Crippen MR) is 59.7 cm³/mol. The van der Waals surface area contributed by atoms with E-state index in [1.54, 1.807) is 12.4 Å². The van der Waals surface area contributed by atoms with Gasteiger partial charge in [0.1, 0.15) is 5.15 Å². The summed E-state index contributed by atoms with van der Waals surface area (Å²) in [6.07, 6.45) is 3.44. The first-order chi connectivity index (χ1) is 7.18. The van der Waals surface area contributed by atoms with Crippen molar-refractivity contribution < 1.29 is 0 Å². The Kier molecular flexibility index (Phi) is 2.64. The molecule has 0 fully saturated rings. The molecule has 4 heteroatoms. The summed E-state index contributed by atoms with van der Waals surface area (Å²) < 4.78 is 0. The van der Waals surface area contributed by atoms with Crippen LogP contribution in [0.2, 0.25) is 5.15 Å². The highest BCUT2D eigenvalue weighted by atomic mass is 35.5. The van der Waals surface area contributed by atoms with Crippen molar-refractivity contribution in [1.82, 2.24) is 15.0 Å². The lowest BCUT2D eigenvalue weighted by molar-refractivity contribution is 1.07. The number of aryl methyl sites for hydroxylation is 1. The third-order valence-corrected chi connectivity index (χ3v) is 2.62. The van der Waals surface area contributed by atoms with E-state index < -0.39 is 0 Å². The lowest BCUT2D eigenvalue weighted by atomic mass is 10.2. The Hall–Kier alpha value is -1.48. The number of nitrogens with zero attached hydrogens (tertiary/aromatic N) is 3. The normalized spacial score (nSPS) is 10.3. The van der Waals surface area contributed by atoms with Gasteiger partial charge in [0.05, 0.1) is 0 Å². The SMILES string of the molecule is Cc1nc(-c2cccnc2)nc(Cl)c1C. The van der Waals surface area contributed by atoms with Gasteiger partial charge in [-0.15, -0.1) is 0 Å². The molecule has 0 radical (unpaired) electrons. The molecule has 0 N–H and O–H groups in total. The van der Waals surface area contributed by atoms with Gasteiger partial charge in [-0.3, -0.25) is 4.98 Å². The van der Waals surface area contributed by atoms with Crippen molar-refractivity contribution in [3.05, 3.63) is 40.9 Å². The molecule has 2 aromatic rings. The van der Waals surface area contributed by atoms with Crippen LogP contribution in [0.3, 0.4) is 0 Å². The fourth-order valence-electron chi connectivity index (χ4n) is 1.22. The van der Waals surface area contributed by atoms with Crippen LogP contribution >= 0.6 is 11.6 Å². The minimum Gasteiger partial charge on any atom is -0.264 e. The molecule has 0 amide bonds. The summed E-state index contributed by atoms with van der Waals surface area (Å²) >= 11 is 6.00. The van der Waals surface area contributed by atoms with Crippen molar-refractivity contribution in [2.75, 3.05) is 0 Å². The number of rotatable bonds is 1. The largest absolute Gasteiger partial charge is 0.264 e. The summed E-state index contributed by atoms with van der Waals surface area (Å²) in [5.74, 6) is 0.621. The molecule has 3 nitrogen and oxygen atoms in total. The summed E-state index contributed by atoms with van der Waals surface area (Å²) in [4.78, 5) is 12.6. The van der Waals surface area contributed by atoms with Crippen molar-refractivity contribution in [1.29, 1.82) is 0 Å². The number of halogens is 1. The number of hydrogen-bond acceptors (Lipinski definition) is 3. The number of pyridine rings is 1. The maximum absolute atomic E-state index is 6.00. The van der Waals surface area contributed by atoms with Crippen molar-refractivity contribution in [2.45, 2.75) is 13.8 Å². The molecule has 0 atom stereocenters. The van der Waals surface area contributed by atoms with Gasteiger partial charge in [0.15, 0.2) is 5.82 Å². The van der Waals surface area contributed by atoms with Crippen LogP contribution in [0.25, 0.3) is 11.4 Å². The van der Waals surface area contributed by atoms with E-state index in [2.05, 4.69) is 15.0 Å². The molecule has 2 heterocycles. The molecular formula is C11H10ClN3. The quantitative estimate of drug-likeness (QED) is 0.693. The Bertz CT molecular complexity index is 459. The molecule has 0 saturated heterocycles. The van der Waals surface area contributed by atoms with Crippen LogP contribution in [-0.2, 0) is 0 Å². The van der Waals surface area contributed by atoms with Crippen LogP contribution in [-0.4, -0.2) is 15.0 Å². The second-order valence-corrected chi connectivity index (χ2v) is 3.65. The van der Waals surface area contributed by atoms with E-state index in [0.29, 0.717) is 11.0 Å². The molecule has 0 unspecified atom stereocenters. The zero-order chi connectivity index (χ0) is 10.8. The van der Waals surface area contributed by atoms with E-state index >= 15 is 0 Å². The summed E-state index contributed by atoms with van der Waals surface area (Å²) in [7, 11) is 0. The summed E-state index contributed by atoms with van der Waals surface area (Å²) in [6.45, 7) is 3.83. The lowest BCUT2D eigenvalue weighted by Gasteiger charge is -2.05. The highest BCUT2D eigenvalue weighted by Gasteiger charge is 2.07. The number of hydrogen-bond donors (Lipinski definition) is 0. The van der Waals surface area contributed by atoms with Crippen molar-refractivity contribution in [2.24, 2.45) is 0 Å². The van der Waals surface area contributed by atoms with E-state index in [9.17, 15) is 0 Å². The van der Waals surface area contributed by atoms with Crippen LogP contribution in [0.5, 0.6) is 0 Å². The Balaban J connectivity index is 2.56. The maximum atomic E-state index is 6.00. The van der Waals surface area contributed by atoms with Gasteiger partial charge in [-0.2, -0.15) is 0 Å². The molecule has 2 aromatic heterocycles. The van der Waals surface area contributed by atoms with Gasteiger partial charge in [0, 0.05) is 29.2 Å². The summed E-state index contributed by atoms with van der Waals surface area (Å²) in [5, 5.41) is 0.501. The average Bonchev–Trinajstić information content (AvgIpc) is 2.26. The second-order valence-electron chi connectivity index (χ2n) is 3.29. The first-order valence-corrected chi connectivity index (χ1v) is 4.97. The fourth-order valence-corrected chi connectivity index (χ4v) is 1.43. The van der Waals surface area contributed by atoms with Gasteiger partial charge >= 0.3 is 0 Å². The minimum absolute atomic E-state index is 0.501. The van der Waals surface area contributed by atoms with Gasteiger partial charge in [-0.25, -0.2) is 9.97 Å². The third kappa shape index (κ3) is 1.97. The maximum Gasteiger partial charge on any atom is 0.162 e. The van der Waals surface area contributed by atoms with Gasteiger partial charge in [0.25, 0.3) is 0 Å². The topological polar surface area (TPSA) is 38.7 Å². The fraction of sp³-hybridized carbons (Fsp3) is 0.182. The highest BCUT2D eigenvalue weighted by molar-refractivity contribution is 6.30. The second kappa shape index (κ2) is 3.95. The standard InChI is InChI=1S/C11H10ClN3/c1-7-8(2)14-11(15-10(7)12)9-4-3-5-13-6-9/h3-6H,1-2H3. The Morgan fingerprint density at radius 3 is 2.60 bits per heavy atom. The summed E-state index contributed by atoms with van der Waals surface area (Å²) in [5.41, 5.74) is 2.70. The number of aromatic nitrogens is 3. The van der Waals surface area contributed by atoms with Crippen molar-refractivity contribution in [3.63, 3.8) is 0 Å². The third-order valence-electron chi connectivity index (χ3n) is 2.25. The smallest absolute Gasteiger partial charge is 0.162 e. The zero-order valence-electron chi connectivity index (χ0n) is 8.53. The molecule has 0 bridgehead atoms. The van der Waals surface area contributed by atoms with Crippen LogP contribution in [0, 0.1) is 13.8 Å². The Labute approximate surface area is 93.2 Å². The summed E-state index contributed by atoms with van der Waals surface area (Å²) in [6, 6.07) is 3.76. The van der Waals surface area contributed by atoms with Gasteiger partial charge < -0.3 is 0 Å². The molecule has 76 valence electrons. The van der Waals surface area contributed by atoms with E-state index in [4.69, 9.17) is 11.6 Å². The molecule has 2 rings (SSSR count). The zero-order valence-corrected chi connectivity index (χ0v) is 9.28. The Morgan fingerprint density at radius 2 is 2.00 bits per heavy atom. The van der Waals surface area contributed by atoms with Crippen LogP contribution < -0.4 is 0 Å². The molecule has 0 aliphatic rings. The Morgan fingerprint density at radius 1 is 1.20 bits per heavy atom. The molecule has 15 heavy (non-hydrogen) atoms. The molecule has 0 aliphatic carbocycles. The first kappa shape index (κ1) is 10.1. The van der Waals surface area contributed by atoms with Crippen LogP contribution in [0.15, 0.2) is 24.5 Å². The molecular weight excluding hydrogens is 210 g/mol. The van der Waals surface area contributed by atoms with Crippen molar-refractivity contribution >= 4 is 11.6 Å². The predicted octanol–water partition coefficient (Wildman–Crippen LogP) is 2.81. The average molecular weight is 220 g/mol. The molecule has 0 spiro atoms. The minimum atomic E-state index is 0.501. The first-order valence-electron chi connectivity index (χ1n) is 4.59. The van der Waals surface area contributed by atoms with E-state index in [-0.39, 0.29) is 0 Å². The molecule has 0 aliphatic heterocycles. The monoisotopic (exact) mass is 219 g/mol. The molecule has 0 aromatic carbocycles. The van der Waals surface area contributed by atoms with Gasteiger partial charge in [-0.05, 0) is 26.0 Å². The van der Waals surface area contributed by atoms with Crippen LogP contribution in [0.4, 0.5) is 0 Å². The highest BCUT2D eigenvalue weighted by Crippen LogP contribution is 2.20. The van der Waals surface area contributed by atoms with Gasteiger partial charge in [-0.1, -0.05) is 11.6 Å². The van der Waals surface area contributed by atoms with E-state index in [1.807, 2.05) is 26.0 Å². The van der Waals surface area contributed by atoms with Crippen LogP contribution in [0.1, 0.15) is 11.3 Å². The van der Waals surface area contributed by atoms with Crippen molar-refractivity contribution in [3.8, 4) is 11.4 Å². The van der Waals surface area contributed by atoms with E-state index in [0.717, 1.165) is 16.8 Å².